The van der Waals surface area contributed by atoms with Crippen molar-refractivity contribution in [3.8, 4) is 5.75 Å². The van der Waals surface area contributed by atoms with Gasteiger partial charge in [0.25, 0.3) is 0 Å². The fourth-order valence-corrected chi connectivity index (χ4v) is 2.84. The zero-order valence-electron chi connectivity index (χ0n) is 12.8. The molecule has 0 amide bonds. The second kappa shape index (κ2) is 6.60. The van der Waals surface area contributed by atoms with E-state index < -0.39 is 0 Å². The smallest absolute Gasteiger partial charge is 0.119 e. The van der Waals surface area contributed by atoms with Crippen LogP contribution in [0.3, 0.4) is 0 Å². The van der Waals surface area contributed by atoms with Crippen LogP contribution in [0.25, 0.3) is 0 Å². The Morgan fingerprint density at radius 2 is 1.67 bits per heavy atom. The molecule has 3 nitrogen and oxygen atoms in total. The lowest BCUT2D eigenvalue weighted by molar-refractivity contribution is 0.414. The third-order valence-corrected chi connectivity index (χ3v) is 5.00. The van der Waals surface area contributed by atoms with Gasteiger partial charge in [0.2, 0.25) is 0 Å². The summed E-state index contributed by atoms with van der Waals surface area (Å²) in [5, 5.41) is 0. The number of methoxy groups -OCH3 is 1. The number of ether oxygens (including phenoxy) is 1. The van der Waals surface area contributed by atoms with Crippen molar-refractivity contribution < 1.29 is 4.74 Å². The monoisotopic (exact) mass is 348 g/mol. The minimum atomic E-state index is -0.0404. The normalized spacial score (nSPS) is 12.3. The highest BCUT2D eigenvalue weighted by molar-refractivity contribution is 9.10. The maximum atomic E-state index is 5.82. The molecule has 0 aliphatic heterocycles. The summed E-state index contributed by atoms with van der Waals surface area (Å²) in [4.78, 5) is 0. The van der Waals surface area contributed by atoms with Gasteiger partial charge in [-0.25, -0.2) is 5.43 Å². The van der Waals surface area contributed by atoms with Crippen molar-refractivity contribution in [1.82, 2.24) is 5.43 Å². The first kappa shape index (κ1) is 16.0. The van der Waals surface area contributed by atoms with E-state index in [4.69, 9.17) is 10.6 Å². The quantitative estimate of drug-likeness (QED) is 0.649. The molecule has 21 heavy (non-hydrogen) atoms. The molecule has 2 rings (SSSR count). The summed E-state index contributed by atoms with van der Waals surface area (Å²) < 4.78 is 6.41. The molecule has 4 heteroatoms. The summed E-state index contributed by atoms with van der Waals surface area (Å²) in [5.41, 5.74) is 8.80. The second-order valence-electron chi connectivity index (χ2n) is 5.29. The van der Waals surface area contributed by atoms with E-state index in [1.54, 1.807) is 7.11 Å². The Balaban J connectivity index is 2.49. The van der Waals surface area contributed by atoms with Gasteiger partial charge in [-0.2, -0.15) is 0 Å². The first-order valence-corrected chi connectivity index (χ1v) is 7.64. The number of hydrazine groups is 1. The van der Waals surface area contributed by atoms with Gasteiger partial charge in [0.1, 0.15) is 5.75 Å². The predicted molar refractivity (Wildman–Crippen MR) is 90.5 cm³/mol. The molecule has 0 radical (unpaired) electrons. The fourth-order valence-electron chi connectivity index (χ4n) is 2.61. The van der Waals surface area contributed by atoms with Crippen molar-refractivity contribution in [3.63, 3.8) is 0 Å². The van der Waals surface area contributed by atoms with Gasteiger partial charge in [-0.15, -0.1) is 0 Å². The minimum Gasteiger partial charge on any atom is -0.497 e. The van der Waals surface area contributed by atoms with Gasteiger partial charge in [0.05, 0.1) is 13.2 Å². The van der Waals surface area contributed by atoms with E-state index in [9.17, 15) is 0 Å². The third-order valence-electron chi connectivity index (χ3n) is 3.75. The van der Waals surface area contributed by atoms with Crippen molar-refractivity contribution in [2.75, 3.05) is 7.11 Å². The van der Waals surface area contributed by atoms with Crippen LogP contribution in [-0.2, 0) is 0 Å². The Labute approximate surface area is 134 Å². The van der Waals surface area contributed by atoms with Gasteiger partial charge in [0.15, 0.2) is 0 Å². The number of nitrogens with one attached hydrogen (secondary N) is 1. The summed E-state index contributed by atoms with van der Waals surface area (Å²) in [6.07, 6.45) is 0. The summed E-state index contributed by atoms with van der Waals surface area (Å²) in [6.45, 7) is 6.25. The van der Waals surface area contributed by atoms with Crippen LogP contribution in [0.2, 0.25) is 0 Å². The Hall–Kier alpha value is -1.36. The summed E-state index contributed by atoms with van der Waals surface area (Å²) in [6, 6.07) is 10.3. The van der Waals surface area contributed by atoms with E-state index in [1.165, 1.54) is 11.1 Å². The number of aryl methyl sites for hydroxylation is 3. The third kappa shape index (κ3) is 3.28. The second-order valence-corrected chi connectivity index (χ2v) is 6.08. The largest absolute Gasteiger partial charge is 0.497 e. The lowest BCUT2D eigenvalue weighted by Crippen LogP contribution is -2.29. The van der Waals surface area contributed by atoms with Crippen LogP contribution in [0, 0.1) is 20.8 Å². The lowest BCUT2D eigenvalue weighted by Gasteiger charge is -2.21. The van der Waals surface area contributed by atoms with E-state index >= 15 is 0 Å². The Kier molecular flexibility index (Phi) is 5.04. The van der Waals surface area contributed by atoms with Crippen molar-refractivity contribution in [3.05, 3.63) is 62.6 Å². The van der Waals surface area contributed by atoms with Crippen molar-refractivity contribution in [1.29, 1.82) is 0 Å². The first-order chi connectivity index (χ1) is 9.97. The molecule has 0 fully saturated rings. The molecule has 0 aliphatic rings. The van der Waals surface area contributed by atoms with Crippen LogP contribution in [0.15, 0.2) is 34.8 Å². The van der Waals surface area contributed by atoms with Crippen LogP contribution >= 0.6 is 15.9 Å². The van der Waals surface area contributed by atoms with E-state index in [2.05, 4.69) is 60.3 Å². The van der Waals surface area contributed by atoms with Crippen molar-refractivity contribution in [2.45, 2.75) is 26.8 Å². The molecule has 0 saturated carbocycles. The average Bonchev–Trinajstić information content (AvgIpc) is 2.46. The molecule has 2 aromatic rings. The van der Waals surface area contributed by atoms with Crippen molar-refractivity contribution in [2.24, 2.45) is 5.84 Å². The molecule has 112 valence electrons. The van der Waals surface area contributed by atoms with Gasteiger partial charge in [-0.1, -0.05) is 34.1 Å². The topological polar surface area (TPSA) is 47.3 Å². The van der Waals surface area contributed by atoms with E-state index in [0.717, 1.165) is 26.9 Å². The highest BCUT2D eigenvalue weighted by Crippen LogP contribution is 2.31. The molecule has 0 aromatic heterocycles. The molecule has 0 heterocycles. The first-order valence-electron chi connectivity index (χ1n) is 6.85. The zero-order chi connectivity index (χ0) is 15.6. The van der Waals surface area contributed by atoms with Crippen molar-refractivity contribution >= 4 is 15.9 Å². The average molecular weight is 349 g/mol. The molecule has 0 spiro atoms. The van der Waals surface area contributed by atoms with Gasteiger partial charge < -0.3 is 4.74 Å². The SMILES string of the molecule is COc1ccc(C(NN)c2cc(C)c(Br)c(C)c2)c(C)c1. The number of nitrogens with two attached hydrogens (primary N) is 1. The molecular weight excluding hydrogens is 328 g/mol. The van der Waals surface area contributed by atoms with Crippen LogP contribution in [-0.4, -0.2) is 7.11 Å². The molecular formula is C17H21BrN2O. The number of hydrogen-bond acceptors (Lipinski definition) is 3. The van der Waals surface area contributed by atoms with Crippen LogP contribution in [0.4, 0.5) is 0 Å². The van der Waals surface area contributed by atoms with E-state index in [0.29, 0.717) is 0 Å². The maximum absolute atomic E-state index is 5.82. The van der Waals surface area contributed by atoms with Crippen LogP contribution < -0.4 is 16.0 Å². The molecule has 1 unspecified atom stereocenters. The lowest BCUT2D eigenvalue weighted by atomic mass is 9.93. The number of rotatable bonds is 4. The Bertz CT molecular complexity index is 632. The molecule has 3 N–H and O–H groups in total. The van der Waals surface area contributed by atoms with E-state index in [-0.39, 0.29) is 6.04 Å². The molecule has 2 aromatic carbocycles. The van der Waals surface area contributed by atoms with Gasteiger partial charge in [-0.05, 0) is 60.7 Å². The maximum Gasteiger partial charge on any atom is 0.119 e. The Morgan fingerprint density at radius 1 is 1.05 bits per heavy atom. The molecule has 0 aliphatic carbocycles. The fraction of sp³-hybridized carbons (Fsp3) is 0.294. The van der Waals surface area contributed by atoms with Gasteiger partial charge in [0, 0.05) is 4.47 Å². The Morgan fingerprint density at radius 3 is 2.14 bits per heavy atom. The molecule has 0 bridgehead atoms. The highest BCUT2D eigenvalue weighted by atomic mass is 79.9. The minimum absolute atomic E-state index is 0.0404. The predicted octanol–water partition coefficient (Wildman–Crippen LogP) is 3.94. The summed E-state index contributed by atoms with van der Waals surface area (Å²) in [5.74, 6) is 6.68. The molecule has 0 saturated heterocycles. The van der Waals surface area contributed by atoms with Crippen LogP contribution in [0.5, 0.6) is 5.75 Å². The van der Waals surface area contributed by atoms with E-state index in [1.807, 2.05) is 12.1 Å². The van der Waals surface area contributed by atoms with Gasteiger partial charge >= 0.3 is 0 Å². The zero-order valence-corrected chi connectivity index (χ0v) is 14.4. The molecule has 1 atom stereocenters. The van der Waals surface area contributed by atoms with Gasteiger partial charge in [-0.3, -0.25) is 5.84 Å². The number of benzene rings is 2. The number of halogens is 1. The number of hydrogen-bond donors (Lipinski definition) is 2. The summed E-state index contributed by atoms with van der Waals surface area (Å²) >= 11 is 3.61. The highest BCUT2D eigenvalue weighted by Gasteiger charge is 2.17. The van der Waals surface area contributed by atoms with Crippen LogP contribution in [0.1, 0.15) is 33.9 Å². The standard InChI is InChI=1S/C17H21BrN2O/c1-10-9-14(21-4)5-6-15(10)17(20-19)13-7-11(2)16(18)12(3)8-13/h5-9,17,20H,19H2,1-4H3. The summed E-state index contributed by atoms with van der Waals surface area (Å²) in [7, 11) is 1.68.